The Bertz CT molecular complexity index is 961. The summed E-state index contributed by atoms with van der Waals surface area (Å²) in [6.45, 7) is 2.82. The summed E-state index contributed by atoms with van der Waals surface area (Å²) >= 11 is 0. The number of rotatable bonds is 4. The highest BCUT2D eigenvalue weighted by molar-refractivity contribution is 5.76. The van der Waals surface area contributed by atoms with Crippen molar-refractivity contribution in [3.63, 3.8) is 0 Å². The Morgan fingerprint density at radius 3 is 2.83 bits per heavy atom. The summed E-state index contributed by atoms with van der Waals surface area (Å²) in [5, 5.41) is 2.73. The summed E-state index contributed by atoms with van der Waals surface area (Å²) in [7, 11) is 0. The number of pyridine rings is 1. The molecule has 2 aromatic heterocycles. The average molecular weight is 320 g/mol. The van der Waals surface area contributed by atoms with Gasteiger partial charge < -0.3 is 10.3 Å². The zero-order valence-electron chi connectivity index (χ0n) is 11.7. The van der Waals surface area contributed by atoms with Crippen molar-refractivity contribution < 1.29 is 13.2 Å². The Labute approximate surface area is 128 Å². The Morgan fingerprint density at radius 1 is 1.35 bits per heavy atom. The van der Waals surface area contributed by atoms with Gasteiger partial charge >= 0.3 is 5.69 Å². The van der Waals surface area contributed by atoms with E-state index in [0.717, 1.165) is 16.7 Å². The predicted octanol–water partition coefficient (Wildman–Crippen LogP) is 3.23. The minimum Gasteiger partial charge on any atom is -0.352 e. The van der Waals surface area contributed by atoms with Crippen LogP contribution in [0.4, 0.5) is 24.5 Å². The maximum absolute atomic E-state index is 13.6. The van der Waals surface area contributed by atoms with Crippen LogP contribution >= 0.6 is 0 Å². The van der Waals surface area contributed by atoms with Crippen LogP contribution in [0, 0.1) is 11.6 Å². The minimum atomic E-state index is -0.759. The molecule has 0 aliphatic heterocycles. The number of nitrogens with zero attached hydrogens (tertiary/aromatic N) is 2. The van der Waals surface area contributed by atoms with Crippen LogP contribution in [0.25, 0.3) is 11.2 Å². The van der Waals surface area contributed by atoms with Gasteiger partial charge in [-0.1, -0.05) is 6.58 Å². The van der Waals surface area contributed by atoms with Gasteiger partial charge in [-0.15, -0.1) is 0 Å². The summed E-state index contributed by atoms with van der Waals surface area (Å²) in [6.07, 6.45) is 1.36. The molecule has 3 aromatic rings. The highest BCUT2D eigenvalue weighted by Gasteiger charge is 2.11. The van der Waals surface area contributed by atoms with Crippen molar-refractivity contribution >= 4 is 22.5 Å². The lowest BCUT2D eigenvalue weighted by molar-refractivity contribution is 0.557. The Morgan fingerprint density at radius 2 is 2.13 bits per heavy atom. The van der Waals surface area contributed by atoms with Gasteiger partial charge in [0.15, 0.2) is 5.65 Å². The van der Waals surface area contributed by atoms with Crippen LogP contribution in [-0.4, -0.2) is 14.5 Å². The van der Waals surface area contributed by atoms with E-state index in [2.05, 4.69) is 21.9 Å². The van der Waals surface area contributed by atoms with Crippen LogP contribution in [0.5, 0.6) is 0 Å². The van der Waals surface area contributed by atoms with E-state index in [1.54, 1.807) is 0 Å². The number of imidazole rings is 1. The maximum atomic E-state index is 13.6. The van der Waals surface area contributed by atoms with Gasteiger partial charge in [0.1, 0.15) is 17.5 Å². The lowest BCUT2D eigenvalue weighted by atomic mass is 10.2. The van der Waals surface area contributed by atoms with Crippen molar-refractivity contribution in [1.82, 2.24) is 14.5 Å². The molecule has 8 heteroatoms. The molecule has 0 bridgehead atoms. The second kappa shape index (κ2) is 5.64. The molecule has 0 aliphatic carbocycles. The zero-order valence-corrected chi connectivity index (χ0v) is 11.7. The standard InChI is InChI=1S/C15H11F3N4O/c1-8(16)7-22-14-13(21-15(22)23)5-10(6-19-14)20-12-3-2-9(17)4-11(12)18/h2-6,20H,1,7H2,(H,21,23). The number of allylic oxidation sites excluding steroid dienone is 1. The third kappa shape index (κ3) is 2.96. The molecule has 0 aliphatic rings. The summed E-state index contributed by atoms with van der Waals surface area (Å²) in [5.74, 6) is -2.12. The van der Waals surface area contributed by atoms with Crippen molar-refractivity contribution in [3.8, 4) is 0 Å². The van der Waals surface area contributed by atoms with Crippen LogP contribution in [0.2, 0.25) is 0 Å². The summed E-state index contributed by atoms with van der Waals surface area (Å²) in [4.78, 5) is 18.4. The molecule has 118 valence electrons. The van der Waals surface area contributed by atoms with E-state index < -0.39 is 23.2 Å². The van der Waals surface area contributed by atoms with Gasteiger partial charge in [0.25, 0.3) is 0 Å². The molecule has 0 atom stereocenters. The fourth-order valence-electron chi connectivity index (χ4n) is 2.18. The maximum Gasteiger partial charge on any atom is 0.328 e. The largest absolute Gasteiger partial charge is 0.352 e. The van der Waals surface area contributed by atoms with Crippen LogP contribution in [0.15, 0.2) is 47.7 Å². The fraction of sp³-hybridized carbons (Fsp3) is 0.0667. The molecule has 0 saturated heterocycles. The molecule has 5 nitrogen and oxygen atoms in total. The lowest BCUT2D eigenvalue weighted by Gasteiger charge is -2.07. The quantitative estimate of drug-likeness (QED) is 0.776. The molecule has 0 fully saturated rings. The van der Waals surface area contributed by atoms with Gasteiger partial charge in [-0.2, -0.15) is 0 Å². The van der Waals surface area contributed by atoms with Gasteiger partial charge in [0, 0.05) is 6.07 Å². The second-order valence-electron chi connectivity index (χ2n) is 4.88. The molecule has 0 amide bonds. The zero-order chi connectivity index (χ0) is 16.6. The number of hydrogen-bond acceptors (Lipinski definition) is 3. The molecule has 1 aromatic carbocycles. The van der Waals surface area contributed by atoms with Crippen molar-refractivity contribution in [1.29, 1.82) is 0 Å². The molecular formula is C15H11F3N4O. The van der Waals surface area contributed by atoms with Gasteiger partial charge in [0.2, 0.25) is 0 Å². The molecular weight excluding hydrogens is 309 g/mol. The lowest BCUT2D eigenvalue weighted by Crippen LogP contribution is -2.17. The van der Waals surface area contributed by atoms with Crippen molar-refractivity contribution in [3.05, 3.63) is 65.0 Å². The van der Waals surface area contributed by atoms with Crippen LogP contribution < -0.4 is 11.0 Å². The summed E-state index contributed by atoms with van der Waals surface area (Å²) in [6, 6.07) is 4.63. The number of aromatic nitrogens is 3. The van der Waals surface area contributed by atoms with Crippen LogP contribution in [-0.2, 0) is 6.54 Å². The molecule has 0 spiro atoms. The Balaban J connectivity index is 1.97. The molecule has 3 rings (SSSR count). The van der Waals surface area contributed by atoms with E-state index in [4.69, 9.17) is 0 Å². The van der Waals surface area contributed by atoms with E-state index in [1.165, 1.54) is 18.3 Å². The van der Waals surface area contributed by atoms with E-state index in [1.807, 2.05) is 0 Å². The number of nitrogens with one attached hydrogen (secondary N) is 2. The SMILES string of the molecule is C=C(F)Cn1c(=O)[nH]c2cc(Nc3ccc(F)cc3F)cnc21. The number of fused-ring (bicyclic) bond motifs is 1. The van der Waals surface area contributed by atoms with Gasteiger partial charge in [-0.25, -0.2) is 22.9 Å². The molecule has 0 radical (unpaired) electrons. The summed E-state index contributed by atoms with van der Waals surface area (Å²) < 4.78 is 40.5. The van der Waals surface area contributed by atoms with Crippen molar-refractivity contribution in [2.75, 3.05) is 5.32 Å². The van der Waals surface area contributed by atoms with E-state index in [0.29, 0.717) is 11.2 Å². The van der Waals surface area contributed by atoms with Gasteiger partial charge in [-0.05, 0) is 18.2 Å². The van der Waals surface area contributed by atoms with E-state index in [-0.39, 0.29) is 17.9 Å². The van der Waals surface area contributed by atoms with E-state index >= 15 is 0 Å². The van der Waals surface area contributed by atoms with Gasteiger partial charge in [-0.3, -0.25) is 4.57 Å². The normalized spacial score (nSPS) is 10.9. The van der Waals surface area contributed by atoms with E-state index in [9.17, 15) is 18.0 Å². The third-order valence-corrected chi connectivity index (χ3v) is 3.15. The second-order valence-corrected chi connectivity index (χ2v) is 4.88. The Hall–Kier alpha value is -3.03. The van der Waals surface area contributed by atoms with Crippen LogP contribution in [0.1, 0.15) is 0 Å². The monoisotopic (exact) mass is 320 g/mol. The first-order chi connectivity index (χ1) is 10.9. The molecule has 2 heterocycles. The predicted molar refractivity (Wildman–Crippen MR) is 80.2 cm³/mol. The van der Waals surface area contributed by atoms with Crippen LogP contribution in [0.3, 0.4) is 0 Å². The first-order valence-corrected chi connectivity index (χ1v) is 6.58. The average Bonchev–Trinajstić information content (AvgIpc) is 2.77. The number of anilines is 2. The molecule has 23 heavy (non-hydrogen) atoms. The highest BCUT2D eigenvalue weighted by atomic mass is 19.1. The first kappa shape index (κ1) is 14.9. The summed E-state index contributed by atoms with van der Waals surface area (Å²) in [5.41, 5.74) is 0.515. The molecule has 2 N–H and O–H groups in total. The number of H-pyrrole nitrogens is 1. The molecule has 0 saturated carbocycles. The fourth-order valence-corrected chi connectivity index (χ4v) is 2.18. The highest BCUT2D eigenvalue weighted by Crippen LogP contribution is 2.22. The third-order valence-electron chi connectivity index (χ3n) is 3.15. The topological polar surface area (TPSA) is 62.7 Å². The van der Waals surface area contributed by atoms with Crippen molar-refractivity contribution in [2.24, 2.45) is 0 Å². The minimum absolute atomic E-state index is 0.0615. The first-order valence-electron chi connectivity index (χ1n) is 6.58. The smallest absolute Gasteiger partial charge is 0.328 e. The Kier molecular flexibility index (Phi) is 3.65. The molecule has 0 unspecified atom stereocenters. The number of hydrogen-bond donors (Lipinski definition) is 2. The van der Waals surface area contributed by atoms with Crippen molar-refractivity contribution in [2.45, 2.75) is 6.54 Å². The number of halogens is 3. The number of benzene rings is 1. The number of aromatic amines is 1. The van der Waals surface area contributed by atoms with Gasteiger partial charge in [0.05, 0.1) is 29.6 Å².